The molecule has 0 spiro atoms. The van der Waals surface area contributed by atoms with Crippen molar-refractivity contribution in [2.75, 3.05) is 12.8 Å². The van der Waals surface area contributed by atoms with E-state index in [1.54, 1.807) is 18.2 Å². The van der Waals surface area contributed by atoms with Gasteiger partial charge < -0.3 is 13.9 Å². The highest BCUT2D eigenvalue weighted by atomic mass is 32.2. The number of furan rings is 1. The van der Waals surface area contributed by atoms with E-state index in [0.29, 0.717) is 12.3 Å². The Balaban J connectivity index is 1.65. The number of benzene rings is 1. The van der Waals surface area contributed by atoms with E-state index in [0.717, 1.165) is 28.8 Å². The fraction of sp³-hybridized carbons (Fsp3) is 0.278. The second-order valence-electron chi connectivity index (χ2n) is 5.53. The van der Waals surface area contributed by atoms with Crippen LogP contribution in [0.25, 0.3) is 11.4 Å². The average Bonchev–Trinajstić information content (AvgIpc) is 3.29. The summed E-state index contributed by atoms with van der Waals surface area (Å²) >= 11 is 1.40. The Kier molecular flexibility index (Phi) is 5.55. The Morgan fingerprint density at radius 1 is 1.20 bits per heavy atom. The van der Waals surface area contributed by atoms with E-state index in [9.17, 15) is 4.79 Å². The third kappa shape index (κ3) is 4.11. The van der Waals surface area contributed by atoms with Gasteiger partial charge in [-0.25, -0.2) is 0 Å². The lowest BCUT2D eigenvalue weighted by Crippen LogP contribution is -2.27. The molecular formula is C18H20N4O2S. The second kappa shape index (κ2) is 8.02. The van der Waals surface area contributed by atoms with Crippen molar-refractivity contribution in [2.24, 2.45) is 0 Å². The van der Waals surface area contributed by atoms with Crippen LogP contribution in [0.4, 0.5) is 0 Å². The highest BCUT2D eigenvalue weighted by molar-refractivity contribution is 7.99. The minimum Gasteiger partial charge on any atom is -0.467 e. The van der Waals surface area contributed by atoms with Gasteiger partial charge in [-0.15, -0.1) is 10.2 Å². The van der Waals surface area contributed by atoms with Crippen molar-refractivity contribution in [1.82, 2.24) is 19.7 Å². The van der Waals surface area contributed by atoms with Crippen LogP contribution in [0.2, 0.25) is 0 Å². The van der Waals surface area contributed by atoms with Gasteiger partial charge in [-0.05, 0) is 19.1 Å². The molecule has 0 unspecified atom stereocenters. The number of aromatic nitrogens is 3. The predicted molar refractivity (Wildman–Crippen MR) is 97.0 cm³/mol. The number of amides is 1. The zero-order valence-electron chi connectivity index (χ0n) is 14.3. The Bertz CT molecular complexity index is 815. The van der Waals surface area contributed by atoms with Gasteiger partial charge in [0.05, 0.1) is 18.6 Å². The van der Waals surface area contributed by atoms with Crippen molar-refractivity contribution < 1.29 is 9.21 Å². The van der Waals surface area contributed by atoms with Crippen LogP contribution in [0.15, 0.2) is 58.3 Å². The number of rotatable bonds is 7. The number of hydrogen-bond donors (Lipinski definition) is 0. The van der Waals surface area contributed by atoms with Gasteiger partial charge in [-0.2, -0.15) is 0 Å². The molecule has 0 N–H and O–H groups in total. The van der Waals surface area contributed by atoms with Gasteiger partial charge in [0.25, 0.3) is 0 Å². The molecule has 3 aromatic rings. The third-order valence-electron chi connectivity index (χ3n) is 3.79. The minimum absolute atomic E-state index is 0.0216. The van der Waals surface area contributed by atoms with Gasteiger partial charge in [0.2, 0.25) is 5.91 Å². The molecule has 1 amide bonds. The van der Waals surface area contributed by atoms with Crippen LogP contribution >= 0.6 is 11.8 Å². The molecule has 3 rings (SSSR count). The summed E-state index contributed by atoms with van der Waals surface area (Å²) < 4.78 is 7.31. The van der Waals surface area contributed by atoms with E-state index >= 15 is 0 Å². The Hall–Kier alpha value is -2.54. The fourth-order valence-electron chi connectivity index (χ4n) is 2.44. The molecule has 0 radical (unpaired) electrons. The van der Waals surface area contributed by atoms with Crippen molar-refractivity contribution in [2.45, 2.75) is 25.2 Å². The fourth-order valence-corrected chi connectivity index (χ4v) is 3.39. The summed E-state index contributed by atoms with van der Waals surface area (Å²) in [5.41, 5.74) is 1.02. The highest BCUT2D eigenvalue weighted by Gasteiger charge is 2.16. The molecule has 130 valence electrons. The summed E-state index contributed by atoms with van der Waals surface area (Å²) in [6.07, 6.45) is 1.61. The van der Waals surface area contributed by atoms with Crippen LogP contribution < -0.4 is 0 Å². The molecule has 0 atom stereocenters. The lowest BCUT2D eigenvalue weighted by molar-refractivity contribution is -0.127. The summed E-state index contributed by atoms with van der Waals surface area (Å²) in [6.45, 7) is 3.25. The van der Waals surface area contributed by atoms with Crippen LogP contribution in [-0.2, 0) is 17.9 Å². The lowest BCUT2D eigenvalue weighted by atomic mass is 10.2. The normalized spacial score (nSPS) is 10.8. The monoisotopic (exact) mass is 356 g/mol. The molecule has 0 saturated heterocycles. The Morgan fingerprint density at radius 3 is 2.68 bits per heavy atom. The van der Waals surface area contributed by atoms with Gasteiger partial charge in [0.1, 0.15) is 5.76 Å². The lowest BCUT2D eigenvalue weighted by Gasteiger charge is -2.15. The quantitative estimate of drug-likeness (QED) is 0.608. The standard InChI is InChI=1S/C18H20N4O2S/c1-3-22-17(14-8-5-4-6-9-14)19-20-18(22)25-13-16(23)21(2)12-15-10-7-11-24-15/h4-11H,3,12-13H2,1-2H3. The van der Waals surface area contributed by atoms with E-state index in [1.807, 2.05) is 54.0 Å². The molecule has 0 aliphatic rings. The summed E-state index contributed by atoms with van der Waals surface area (Å²) in [4.78, 5) is 14.0. The van der Waals surface area contributed by atoms with Crippen molar-refractivity contribution in [3.8, 4) is 11.4 Å². The van der Waals surface area contributed by atoms with Gasteiger partial charge in [-0.1, -0.05) is 42.1 Å². The largest absolute Gasteiger partial charge is 0.467 e. The van der Waals surface area contributed by atoms with Gasteiger partial charge >= 0.3 is 0 Å². The topological polar surface area (TPSA) is 64.2 Å². The zero-order valence-corrected chi connectivity index (χ0v) is 15.1. The number of carbonyl (C=O) groups is 1. The summed E-state index contributed by atoms with van der Waals surface area (Å²) in [5, 5.41) is 9.30. The highest BCUT2D eigenvalue weighted by Crippen LogP contribution is 2.24. The van der Waals surface area contributed by atoms with E-state index in [-0.39, 0.29) is 5.91 Å². The molecule has 25 heavy (non-hydrogen) atoms. The maximum absolute atomic E-state index is 12.3. The summed E-state index contributed by atoms with van der Waals surface area (Å²) in [7, 11) is 1.77. The Labute approximate surface area is 150 Å². The third-order valence-corrected chi connectivity index (χ3v) is 4.74. The van der Waals surface area contributed by atoms with E-state index in [2.05, 4.69) is 10.2 Å². The molecule has 2 aromatic heterocycles. The Morgan fingerprint density at radius 2 is 2.00 bits per heavy atom. The zero-order chi connectivity index (χ0) is 17.6. The van der Waals surface area contributed by atoms with E-state index in [4.69, 9.17) is 4.42 Å². The molecule has 0 aliphatic heterocycles. The molecule has 6 nitrogen and oxygen atoms in total. The average molecular weight is 356 g/mol. The number of hydrogen-bond acceptors (Lipinski definition) is 5. The first-order chi connectivity index (χ1) is 12.2. The molecule has 0 saturated carbocycles. The van der Waals surface area contributed by atoms with Gasteiger partial charge in [0.15, 0.2) is 11.0 Å². The van der Waals surface area contributed by atoms with Crippen molar-refractivity contribution in [3.63, 3.8) is 0 Å². The number of carbonyl (C=O) groups excluding carboxylic acids is 1. The maximum Gasteiger partial charge on any atom is 0.233 e. The molecule has 2 heterocycles. The predicted octanol–water partition coefficient (Wildman–Crippen LogP) is 3.31. The van der Waals surface area contributed by atoms with Crippen molar-refractivity contribution in [3.05, 3.63) is 54.5 Å². The van der Waals surface area contributed by atoms with Crippen molar-refractivity contribution in [1.29, 1.82) is 0 Å². The van der Waals surface area contributed by atoms with Gasteiger partial charge in [-0.3, -0.25) is 4.79 Å². The molecule has 7 heteroatoms. The first-order valence-corrected chi connectivity index (χ1v) is 9.05. The summed E-state index contributed by atoms with van der Waals surface area (Å²) in [5.74, 6) is 1.92. The van der Waals surface area contributed by atoms with E-state index in [1.165, 1.54) is 11.8 Å². The second-order valence-corrected chi connectivity index (χ2v) is 6.48. The molecule has 0 aliphatic carbocycles. The van der Waals surface area contributed by atoms with E-state index < -0.39 is 0 Å². The molecule has 1 aromatic carbocycles. The van der Waals surface area contributed by atoms with Crippen LogP contribution in [0, 0.1) is 0 Å². The number of thioether (sulfide) groups is 1. The molecular weight excluding hydrogens is 336 g/mol. The summed E-state index contributed by atoms with van der Waals surface area (Å²) in [6, 6.07) is 13.6. The first-order valence-electron chi connectivity index (χ1n) is 8.06. The first kappa shape index (κ1) is 17.3. The van der Waals surface area contributed by atoms with Crippen LogP contribution in [0.1, 0.15) is 12.7 Å². The van der Waals surface area contributed by atoms with Gasteiger partial charge in [0, 0.05) is 19.2 Å². The minimum atomic E-state index is 0.0216. The smallest absolute Gasteiger partial charge is 0.233 e. The van der Waals surface area contributed by atoms with Crippen LogP contribution in [0.3, 0.4) is 0 Å². The molecule has 0 fully saturated rings. The van der Waals surface area contributed by atoms with Crippen LogP contribution in [0.5, 0.6) is 0 Å². The SMILES string of the molecule is CCn1c(SCC(=O)N(C)Cc2ccco2)nnc1-c1ccccc1. The number of nitrogens with zero attached hydrogens (tertiary/aromatic N) is 4. The molecule has 0 bridgehead atoms. The maximum atomic E-state index is 12.3. The van der Waals surface area contributed by atoms with Crippen molar-refractivity contribution >= 4 is 17.7 Å². The van der Waals surface area contributed by atoms with Crippen LogP contribution in [-0.4, -0.2) is 38.4 Å².